The number of aliphatic hydroxyl groups is 1. The molecule has 0 saturated heterocycles. The van der Waals surface area contributed by atoms with Crippen LogP contribution >= 0.6 is 128 Å². The van der Waals surface area contributed by atoms with Gasteiger partial charge < -0.3 is 74.2 Å². The van der Waals surface area contributed by atoms with E-state index in [0.717, 1.165) is 159 Å². The number of ether oxygens (including phenoxy) is 4. The Kier molecular flexibility index (Phi) is 63.3. The summed E-state index contributed by atoms with van der Waals surface area (Å²) < 4.78 is 84.4. The zero-order chi connectivity index (χ0) is 90.5. The van der Waals surface area contributed by atoms with Crippen molar-refractivity contribution in [2.75, 3.05) is 43.3 Å². The van der Waals surface area contributed by atoms with Crippen LogP contribution in [0.3, 0.4) is 0 Å². The van der Waals surface area contributed by atoms with Crippen molar-refractivity contribution in [3.05, 3.63) is 289 Å². The van der Waals surface area contributed by atoms with Crippen molar-refractivity contribution in [2.24, 2.45) is 5.73 Å². The Hall–Kier alpha value is -4.59. The molecule has 0 aliphatic heterocycles. The molecule has 2 atom stereocenters. The van der Waals surface area contributed by atoms with E-state index in [1.54, 1.807) is 81.4 Å². The predicted octanol–water partition coefficient (Wildman–Crippen LogP) is 15.9. The van der Waals surface area contributed by atoms with Crippen LogP contribution in [-0.4, -0.2) is 104 Å². The number of alkyl halides is 1. The summed E-state index contributed by atoms with van der Waals surface area (Å²) in [6, 6.07) is 51.2. The van der Waals surface area contributed by atoms with Crippen LogP contribution in [0.1, 0.15) is 125 Å². The molecule has 0 amide bonds. The molecule has 0 aliphatic carbocycles. The third-order valence-electron chi connectivity index (χ3n) is 17.2. The van der Waals surface area contributed by atoms with Crippen LogP contribution in [0.4, 0.5) is 4.39 Å². The number of aliphatic hydroxyl groups excluding tert-OH is 1. The first kappa shape index (κ1) is 120. The van der Waals surface area contributed by atoms with Crippen LogP contribution in [0.2, 0.25) is 0 Å². The first-order valence-electron chi connectivity index (χ1n) is 38.1. The summed E-state index contributed by atoms with van der Waals surface area (Å²) >= 11 is 20.6. The van der Waals surface area contributed by atoms with E-state index in [-0.39, 0.29) is 178 Å². The van der Waals surface area contributed by atoms with Crippen molar-refractivity contribution < 1.29 is 203 Å². The number of rotatable bonds is 27. The number of thioether (sulfide) groups is 2. The molecule has 21 nitrogen and oxygen atoms in total. The number of halogens is 8. The number of aldehydes is 2. The van der Waals surface area contributed by atoms with E-state index >= 15 is 0 Å². The van der Waals surface area contributed by atoms with Crippen molar-refractivity contribution >= 4 is 237 Å². The molecule has 0 saturated carbocycles. The van der Waals surface area contributed by atoms with Gasteiger partial charge in [-0.25, -0.2) is 4.39 Å². The largest absolute Gasteiger partial charge is 1.00 e. The third kappa shape index (κ3) is 41.0. The summed E-state index contributed by atoms with van der Waals surface area (Å²) in [6.45, 7) is 13.5. The second kappa shape index (κ2) is 66.7. The van der Waals surface area contributed by atoms with Gasteiger partial charge in [-0.1, -0.05) is 98.2 Å². The minimum absolute atomic E-state index is 0. The Morgan fingerprint density at radius 3 is 1.28 bits per heavy atom. The minimum atomic E-state index is -1.78. The molecule has 13 rings (SSSR count). The molecular weight excluding hydrogens is 2130 g/mol. The molecule has 6 N–H and O–H groups in total. The number of benzene rings is 9. The van der Waals surface area contributed by atoms with Gasteiger partial charge in [-0.05, 0) is 276 Å². The van der Waals surface area contributed by atoms with Gasteiger partial charge in [0.25, 0.3) is 6.47 Å². The van der Waals surface area contributed by atoms with E-state index in [9.17, 15) is 32.3 Å². The fraction of sp³-hybridized carbons (Fsp3) is 0.253. The van der Waals surface area contributed by atoms with E-state index in [0.29, 0.717) is 49.6 Å². The van der Waals surface area contributed by atoms with Crippen molar-refractivity contribution in [2.45, 2.75) is 105 Å². The maximum atomic E-state index is 13.1. The number of phenolic OH excluding ortho intramolecular Hbond substituents is 1. The van der Waals surface area contributed by atoms with Crippen LogP contribution in [0.5, 0.6) is 23.0 Å². The number of phenols is 1. The molecule has 4 aromatic heterocycles. The number of furan rings is 4. The molecular formula is C91H100BBr5Cl2FK2NO20S4. The van der Waals surface area contributed by atoms with Gasteiger partial charge in [-0.2, -0.15) is 11.8 Å². The molecule has 4 heterocycles. The van der Waals surface area contributed by atoms with Gasteiger partial charge >= 0.3 is 116 Å². The van der Waals surface area contributed by atoms with Crippen LogP contribution < -0.4 is 133 Å². The van der Waals surface area contributed by atoms with E-state index in [1.165, 1.54) is 46.7 Å². The Morgan fingerprint density at radius 1 is 0.551 bits per heavy atom. The summed E-state index contributed by atoms with van der Waals surface area (Å²) in [5, 5.41) is 48.4. The van der Waals surface area contributed by atoms with Crippen molar-refractivity contribution in [1.29, 1.82) is 0 Å². The summed E-state index contributed by atoms with van der Waals surface area (Å²) in [7, 11) is -3.41. The zero-order valence-corrected chi connectivity index (χ0v) is 91.2. The number of hydrogen-bond acceptors (Lipinski definition) is 23. The van der Waals surface area contributed by atoms with Gasteiger partial charge in [0.2, 0.25) is 0 Å². The minimum Gasteiger partial charge on any atom is -1.00 e. The van der Waals surface area contributed by atoms with Crippen molar-refractivity contribution in [3.63, 3.8) is 0 Å². The van der Waals surface area contributed by atoms with Crippen molar-refractivity contribution in [3.8, 4) is 23.0 Å². The smallest absolute Gasteiger partial charge is 1.00 e. The Balaban J connectivity index is 0.00000150. The first-order chi connectivity index (χ1) is 59.2. The number of aromatic hydroxyl groups is 1. The molecule has 127 heavy (non-hydrogen) atoms. The molecule has 0 spiro atoms. The standard InChI is InChI=1S/C21H21BrO4.C21H21BrO3S2.C18H15BrO3.C9H6Br2O.C9H10O2.C7H9BFNO2.C3H8OS2.C2H6O.CH2O3.2ClH.2K.H/c1-3-14-5-6-16(12-20(23)24-4-2)19(11-14)26-13-15-9-17-7-8-25-21(17)18(22)10-15;1-4-14-5-6-16(12-20(26-2)27(3)23)19(11-14)25-13-15-9-17-7-8-24-21(17)18(22)10-15;1-2-12-3-4-15(10-20)17(9-12)22-11-13-7-14-5-6-21-18(14)16(19)8-13;10-5-6-3-7-1-2-12-9(7)8(11)4-6;1-2-7-3-4-8(6-10)9(11)5-7;9-7-5(4-10)2-1-3-6(7)8(11)12;1-5-3-6(2)4;1-2-3;2-1-4-3;;;;;/h5-11H,3-4,12-13H2,1-2H3;5-12H,4,13H2,1-3H3;3-10H,2,11H2,1H3;1-4H,5H2;3-6,11H,2H2,1H3;1-3,11-12H,4,10H2;3H2,1-2H3;3H,2H2,1H3;1,3H;2*1H;;;/q;;;;;;;;;;;2*+1;-1/p-1/b;20-12+;;;;;;;;;;;;. The molecule has 0 fully saturated rings. The molecule has 0 aliphatic rings. The van der Waals surface area contributed by atoms with Crippen LogP contribution in [-0.2, 0) is 105 Å². The van der Waals surface area contributed by atoms with Gasteiger partial charge in [0.1, 0.15) is 71.0 Å². The molecule has 674 valence electrons. The fourth-order valence-corrected chi connectivity index (χ4v) is 16.7. The molecule has 36 heteroatoms. The predicted molar refractivity (Wildman–Crippen MR) is 525 cm³/mol. The van der Waals surface area contributed by atoms with Gasteiger partial charge in [0.15, 0.2) is 12.6 Å². The van der Waals surface area contributed by atoms with E-state index in [1.807, 2.05) is 123 Å². The SMILES string of the molecule is BrCc1cc(Br)c2occc2c1.CCO.CCOC(=O)Cc1ccc(CC)cc1OCc1cc(Br)c2occc2c1.CCc1ccc(/C=C(\SC)S(C)=O)c(OCc2cc(Br)c3occc3c2)c1.CCc1ccc(C=O)c(O)c1.CCc1ccc(C=O)c(OCc2cc(Br)c3occc3c2)c1.CSCS(C)=O.Cl.Cl.NCc1cccc(B(O)O)c1F.O=CO[O-].[H-].[K+].[K+]. The molecule has 9 aromatic carbocycles. The Morgan fingerprint density at radius 2 is 0.929 bits per heavy atom. The molecule has 2 unspecified atom stereocenters. The Labute approximate surface area is 894 Å². The fourth-order valence-electron chi connectivity index (χ4n) is 11.1. The number of nitrogens with two attached hydrogens (primary N) is 1. The normalized spacial score (nSPS) is 10.7. The van der Waals surface area contributed by atoms with Crippen LogP contribution in [0.25, 0.3) is 50.0 Å². The average molecular weight is 2230 g/mol. The number of esters is 1. The summed E-state index contributed by atoms with van der Waals surface area (Å²) in [4.78, 5) is 44.5. The average Bonchev–Trinajstić information content (AvgIpc) is 1.67. The van der Waals surface area contributed by atoms with Crippen LogP contribution in [0, 0.1) is 5.82 Å². The summed E-state index contributed by atoms with van der Waals surface area (Å²) in [5.74, 6) is 1.33. The Bertz CT molecular complexity index is 5620. The topological polar surface area (TPSA) is 331 Å². The monoisotopic (exact) mass is 2230 g/mol. The van der Waals surface area contributed by atoms with E-state index in [2.05, 4.69) is 136 Å². The van der Waals surface area contributed by atoms with Crippen molar-refractivity contribution in [1.82, 2.24) is 0 Å². The summed E-state index contributed by atoms with van der Waals surface area (Å²) in [6.07, 6.45) is 21.2. The third-order valence-corrected chi connectivity index (χ3v) is 24.9. The molecule has 0 radical (unpaired) electrons. The maximum Gasteiger partial charge on any atom is 1.00 e. The van der Waals surface area contributed by atoms with E-state index < -0.39 is 34.5 Å². The van der Waals surface area contributed by atoms with Gasteiger partial charge in [-0.15, -0.1) is 36.6 Å². The number of aryl methyl sites for hydroxylation is 4. The number of carbonyl (C=O) groups is 4. The molecule has 0 bridgehead atoms. The number of fused-ring (bicyclic) bond motifs is 4. The van der Waals surface area contributed by atoms with Gasteiger partial charge in [0.05, 0.1) is 87.2 Å². The first-order valence-corrected chi connectivity index (χ1v) is 48.2. The number of carbonyl (C=O) groups excluding carboxylic acids is 4. The second-order valence-electron chi connectivity index (χ2n) is 25.9. The maximum absolute atomic E-state index is 13.1. The zero-order valence-electron chi connectivity index (χ0n) is 73.1. The second-order valence-corrected chi connectivity index (χ2v) is 35.0. The van der Waals surface area contributed by atoms with Crippen LogP contribution in [0.15, 0.2) is 229 Å². The quantitative estimate of drug-likeness (QED) is 0.00797. The molecule has 13 aromatic rings. The van der Waals surface area contributed by atoms with Gasteiger partial charge in [-0.3, -0.25) is 27.6 Å². The van der Waals surface area contributed by atoms with Gasteiger partial charge in [0, 0.05) is 85.5 Å². The van der Waals surface area contributed by atoms with E-state index in [4.69, 9.17) is 67.6 Å². The summed E-state index contributed by atoms with van der Waals surface area (Å²) in [5.41, 5.74) is 20.3. The number of hydrogen-bond donors (Lipinski definition) is 5.